The van der Waals surface area contributed by atoms with Gasteiger partial charge >= 0.3 is 0 Å². The molecule has 9 heteroatoms. The number of fused-ring (bicyclic) bond motifs is 3. The highest BCUT2D eigenvalue weighted by molar-refractivity contribution is 6.10. The lowest BCUT2D eigenvalue weighted by molar-refractivity contribution is -0.655. The zero-order chi connectivity index (χ0) is 24.4. The number of nitrogen functional groups attached to an aromatic ring is 2. The predicted octanol–water partition coefficient (Wildman–Crippen LogP) is 3.37. The summed E-state index contributed by atoms with van der Waals surface area (Å²) in [5.41, 5.74) is 21.0. The van der Waals surface area contributed by atoms with Gasteiger partial charge in [0.25, 0.3) is 0 Å². The zero-order valence-electron chi connectivity index (χ0n) is 20.1. The van der Waals surface area contributed by atoms with Crippen molar-refractivity contribution in [1.82, 2.24) is 0 Å². The van der Waals surface area contributed by atoms with Gasteiger partial charge in [-0.2, -0.15) is 4.57 Å². The van der Waals surface area contributed by atoms with Crippen LogP contribution >= 0.6 is 12.4 Å². The van der Waals surface area contributed by atoms with Gasteiger partial charge in [0, 0.05) is 28.3 Å². The van der Waals surface area contributed by atoms with Gasteiger partial charge in [-0.3, -0.25) is 10.8 Å². The van der Waals surface area contributed by atoms with Gasteiger partial charge in [-0.25, -0.2) is 0 Å². The van der Waals surface area contributed by atoms with E-state index in [0.717, 1.165) is 50.9 Å². The van der Waals surface area contributed by atoms with E-state index in [-0.39, 0.29) is 30.6 Å². The number of nitrogens with zero attached hydrogens (tertiary/aromatic N) is 3. The van der Waals surface area contributed by atoms with Crippen LogP contribution in [0, 0.1) is 5.41 Å². The first-order valence-electron chi connectivity index (χ1n) is 11.4. The second-order valence-corrected chi connectivity index (χ2v) is 8.27. The SMILES string of the molecule is CC[n+]1c(-c2ccccc2)c2cc(NN=Nc3ccc(C(=N)N)cc3)ccc2c2ccc(N)cc21.Cl.[Cl-]. The minimum atomic E-state index is 0. The largest absolute Gasteiger partial charge is 1.00 e. The lowest BCUT2D eigenvalue weighted by atomic mass is 9.98. The first-order chi connectivity index (χ1) is 17.0. The van der Waals surface area contributed by atoms with Crippen molar-refractivity contribution in [2.24, 2.45) is 16.1 Å². The molecular weight excluding hydrogens is 505 g/mol. The van der Waals surface area contributed by atoms with Crippen molar-refractivity contribution in [3.63, 3.8) is 0 Å². The molecule has 5 rings (SSSR count). The van der Waals surface area contributed by atoms with E-state index in [1.165, 1.54) is 0 Å². The maximum atomic E-state index is 7.49. The quantitative estimate of drug-likeness (QED) is 0.0511. The van der Waals surface area contributed by atoms with Gasteiger partial charge in [0.15, 0.2) is 0 Å². The summed E-state index contributed by atoms with van der Waals surface area (Å²) in [6.07, 6.45) is 0. The Bertz CT molecular complexity index is 1580. The highest BCUT2D eigenvalue weighted by Gasteiger charge is 2.22. The van der Waals surface area contributed by atoms with Gasteiger partial charge in [0.05, 0.1) is 22.1 Å². The van der Waals surface area contributed by atoms with Crippen molar-refractivity contribution in [3.8, 4) is 11.3 Å². The topological polar surface area (TPSA) is 117 Å². The van der Waals surface area contributed by atoms with Crippen molar-refractivity contribution in [3.05, 3.63) is 96.6 Å². The van der Waals surface area contributed by atoms with E-state index in [2.05, 4.69) is 69.7 Å². The third-order valence-corrected chi connectivity index (χ3v) is 6.03. The number of hydrogen-bond acceptors (Lipinski definition) is 4. The standard InChI is InChI=1S/C28H25N7.2ClH/c1-2-35-26-16-20(29)10-14-24(26)23-15-13-22(17-25(23)27(35)18-6-4-3-5-7-18)33-34-32-21-11-8-19(9-12-21)28(30)31;;/h3-17,29H,2H2,1H3,(H4,30,31,32,33);2*1H. The number of benzene rings is 4. The van der Waals surface area contributed by atoms with Gasteiger partial charge in [-0.15, -0.1) is 17.5 Å². The number of aromatic nitrogens is 1. The average molecular weight is 532 g/mol. The fourth-order valence-electron chi connectivity index (χ4n) is 4.39. The van der Waals surface area contributed by atoms with Crippen LogP contribution in [0.4, 0.5) is 17.1 Å². The predicted molar refractivity (Wildman–Crippen MR) is 150 cm³/mol. The number of aryl methyl sites for hydroxylation is 1. The van der Waals surface area contributed by atoms with E-state index in [4.69, 9.17) is 16.9 Å². The number of rotatable bonds is 6. The third-order valence-electron chi connectivity index (χ3n) is 6.03. The number of nitrogens with one attached hydrogen (secondary N) is 2. The molecule has 0 fully saturated rings. The van der Waals surface area contributed by atoms with Crippen LogP contribution in [0.5, 0.6) is 0 Å². The Kier molecular flexibility index (Phi) is 8.65. The summed E-state index contributed by atoms with van der Waals surface area (Å²) in [5.74, 6) is 0.0246. The normalized spacial score (nSPS) is 10.7. The molecule has 0 aliphatic heterocycles. The maximum absolute atomic E-state index is 7.49. The molecule has 0 spiro atoms. The summed E-state index contributed by atoms with van der Waals surface area (Å²) in [7, 11) is 0. The van der Waals surface area contributed by atoms with Crippen molar-refractivity contribution < 1.29 is 17.0 Å². The minimum Gasteiger partial charge on any atom is -1.00 e. The molecule has 7 nitrogen and oxygen atoms in total. The summed E-state index contributed by atoms with van der Waals surface area (Å²) in [6, 6.07) is 29.7. The van der Waals surface area contributed by atoms with E-state index < -0.39 is 0 Å². The molecule has 0 atom stereocenters. The third kappa shape index (κ3) is 5.48. The Labute approximate surface area is 227 Å². The molecule has 0 unspecified atom stereocenters. The molecule has 0 bridgehead atoms. The molecule has 0 saturated heterocycles. The molecule has 1 aromatic heterocycles. The Hall–Kier alpha value is -4.20. The van der Waals surface area contributed by atoms with Gasteiger partial charge in [-0.05, 0) is 67.6 Å². The number of anilines is 2. The summed E-state index contributed by atoms with van der Waals surface area (Å²) in [6.45, 7) is 2.95. The van der Waals surface area contributed by atoms with Crippen LogP contribution in [-0.4, -0.2) is 5.84 Å². The van der Waals surface area contributed by atoms with Crippen LogP contribution in [0.3, 0.4) is 0 Å². The molecule has 0 amide bonds. The Morgan fingerprint density at radius 3 is 2.27 bits per heavy atom. The number of nitrogens with two attached hydrogens (primary N) is 2. The molecular formula is C28H27Cl2N7. The molecule has 6 N–H and O–H groups in total. The molecule has 4 aromatic carbocycles. The lowest BCUT2D eigenvalue weighted by Crippen LogP contribution is -3.00. The number of pyridine rings is 1. The van der Waals surface area contributed by atoms with Crippen LogP contribution in [0.1, 0.15) is 12.5 Å². The van der Waals surface area contributed by atoms with Crippen molar-refractivity contribution >= 4 is 57.0 Å². The average Bonchev–Trinajstić information content (AvgIpc) is 2.88. The Morgan fingerprint density at radius 2 is 1.59 bits per heavy atom. The van der Waals surface area contributed by atoms with E-state index in [0.29, 0.717) is 11.3 Å². The van der Waals surface area contributed by atoms with Crippen LogP contribution in [0.15, 0.2) is 101 Å². The first kappa shape index (κ1) is 27.4. The second-order valence-electron chi connectivity index (χ2n) is 8.27. The van der Waals surface area contributed by atoms with Crippen LogP contribution in [-0.2, 0) is 6.54 Å². The highest BCUT2D eigenvalue weighted by Crippen LogP contribution is 2.34. The van der Waals surface area contributed by atoms with Crippen molar-refractivity contribution in [2.45, 2.75) is 13.5 Å². The molecule has 0 saturated carbocycles. The van der Waals surface area contributed by atoms with E-state index >= 15 is 0 Å². The molecule has 1 heterocycles. The second kappa shape index (κ2) is 11.7. The molecule has 37 heavy (non-hydrogen) atoms. The Balaban J connectivity index is 0.00000190. The Morgan fingerprint density at radius 1 is 0.892 bits per heavy atom. The highest BCUT2D eigenvalue weighted by atomic mass is 35.5. The fourth-order valence-corrected chi connectivity index (χ4v) is 4.39. The minimum absolute atomic E-state index is 0. The van der Waals surface area contributed by atoms with E-state index in [1.54, 1.807) is 24.3 Å². The van der Waals surface area contributed by atoms with Crippen LogP contribution < -0.4 is 33.9 Å². The molecule has 0 aliphatic carbocycles. The number of amidine groups is 1. The number of hydrogen-bond donors (Lipinski definition) is 4. The van der Waals surface area contributed by atoms with E-state index in [9.17, 15) is 0 Å². The summed E-state index contributed by atoms with van der Waals surface area (Å²) >= 11 is 0. The molecule has 0 aliphatic rings. The van der Waals surface area contributed by atoms with Crippen molar-refractivity contribution in [1.29, 1.82) is 5.41 Å². The monoisotopic (exact) mass is 531 g/mol. The first-order valence-corrected chi connectivity index (χ1v) is 11.4. The summed E-state index contributed by atoms with van der Waals surface area (Å²) < 4.78 is 2.31. The maximum Gasteiger partial charge on any atom is 0.220 e. The smallest absolute Gasteiger partial charge is 0.220 e. The lowest BCUT2D eigenvalue weighted by Gasteiger charge is -2.12. The number of halogens is 2. The van der Waals surface area contributed by atoms with Gasteiger partial charge < -0.3 is 23.9 Å². The van der Waals surface area contributed by atoms with Crippen molar-refractivity contribution in [2.75, 3.05) is 11.2 Å². The zero-order valence-corrected chi connectivity index (χ0v) is 21.7. The summed E-state index contributed by atoms with van der Waals surface area (Å²) in [4.78, 5) is 0. The molecule has 0 radical (unpaired) electrons. The van der Waals surface area contributed by atoms with Gasteiger partial charge in [0.2, 0.25) is 11.2 Å². The van der Waals surface area contributed by atoms with E-state index in [1.807, 2.05) is 24.3 Å². The molecule has 5 aromatic rings. The van der Waals surface area contributed by atoms with Gasteiger partial charge in [0.1, 0.15) is 12.4 Å². The summed E-state index contributed by atoms with van der Waals surface area (Å²) in [5, 5.41) is 19.3. The van der Waals surface area contributed by atoms with Crippen LogP contribution in [0.2, 0.25) is 0 Å². The fraction of sp³-hybridized carbons (Fsp3) is 0.0714. The van der Waals surface area contributed by atoms with Gasteiger partial charge in [-0.1, -0.05) is 29.5 Å². The molecule has 188 valence electrons. The van der Waals surface area contributed by atoms with Crippen LogP contribution in [0.25, 0.3) is 32.9 Å².